The Hall–Kier alpha value is -0.0162. The number of hydrogen-bond acceptors (Lipinski definition) is 4. The van der Waals surface area contributed by atoms with Crippen molar-refractivity contribution < 1.29 is 18.4 Å². The van der Waals surface area contributed by atoms with Crippen LogP contribution in [0.4, 0.5) is 0 Å². The van der Waals surface area contributed by atoms with Gasteiger partial charge in [0.15, 0.2) is 16.6 Å². The van der Waals surface area contributed by atoms with Gasteiger partial charge in [0.05, 0.1) is 12.2 Å². The van der Waals surface area contributed by atoms with E-state index in [1.54, 1.807) is 0 Å². The standard InChI is InChI=1S/C23H48O4Si2/c1-10-20(26-28(11-2,12-3)13-4)19(8)22-21(25-22)17-23(9,18-24)27-29(14-5,15-6)16-7/h18-22H,10-17H2,1-9H3/t19-,20+,21-,22-,23-/m1/s1. The molecule has 1 heterocycles. The summed E-state index contributed by atoms with van der Waals surface area (Å²) in [5.41, 5.74) is -0.731. The molecule has 0 aliphatic carbocycles. The molecule has 0 unspecified atom stereocenters. The Morgan fingerprint density at radius 1 is 0.931 bits per heavy atom. The lowest BCUT2D eigenvalue weighted by Crippen LogP contribution is -2.47. The van der Waals surface area contributed by atoms with Gasteiger partial charge in [-0.25, -0.2) is 0 Å². The molecule has 0 saturated carbocycles. The van der Waals surface area contributed by atoms with Crippen molar-refractivity contribution in [2.75, 3.05) is 0 Å². The number of ether oxygens (including phenoxy) is 1. The summed E-state index contributed by atoms with van der Waals surface area (Å²) in [4.78, 5) is 12.0. The quantitative estimate of drug-likeness (QED) is 0.154. The molecule has 0 N–H and O–H groups in total. The van der Waals surface area contributed by atoms with Crippen molar-refractivity contribution in [3.63, 3.8) is 0 Å². The Morgan fingerprint density at radius 2 is 1.41 bits per heavy atom. The first kappa shape index (κ1) is 27.0. The number of aldehydes is 1. The molecule has 0 amide bonds. The van der Waals surface area contributed by atoms with Crippen molar-refractivity contribution in [1.82, 2.24) is 0 Å². The SMILES string of the molecule is CC[C@H](O[Si](CC)(CC)CC)[C@@H](C)[C@H]1O[C@@H]1C[C@](C)(C=O)O[Si](CC)(CC)CC. The normalized spacial score (nSPS) is 24.0. The zero-order chi connectivity index (χ0) is 22.3. The van der Waals surface area contributed by atoms with E-state index in [1.807, 2.05) is 6.92 Å². The third kappa shape index (κ3) is 6.73. The van der Waals surface area contributed by atoms with Gasteiger partial charge in [-0.3, -0.25) is 0 Å². The maximum Gasteiger partial charge on any atom is 0.193 e. The minimum atomic E-state index is -1.84. The van der Waals surface area contributed by atoms with Crippen LogP contribution in [0.1, 0.15) is 75.2 Å². The number of carbonyl (C=O) groups excluding carboxylic acids is 1. The number of epoxide rings is 1. The van der Waals surface area contributed by atoms with Crippen LogP contribution in [0.25, 0.3) is 0 Å². The van der Waals surface area contributed by atoms with E-state index in [2.05, 4.69) is 55.4 Å². The number of rotatable bonds is 16. The summed E-state index contributed by atoms with van der Waals surface area (Å²) in [5, 5.41) is 0. The largest absolute Gasteiger partial charge is 0.414 e. The third-order valence-electron chi connectivity index (χ3n) is 7.70. The molecule has 0 bridgehead atoms. The van der Waals surface area contributed by atoms with Gasteiger partial charge in [0, 0.05) is 18.4 Å². The topological polar surface area (TPSA) is 48.1 Å². The molecule has 1 rings (SSSR count). The van der Waals surface area contributed by atoms with Gasteiger partial charge in [0.2, 0.25) is 0 Å². The first-order chi connectivity index (χ1) is 13.7. The van der Waals surface area contributed by atoms with Crippen molar-refractivity contribution >= 4 is 22.9 Å². The Labute approximate surface area is 182 Å². The predicted octanol–water partition coefficient (Wildman–Crippen LogP) is 6.56. The van der Waals surface area contributed by atoms with E-state index in [-0.39, 0.29) is 18.3 Å². The van der Waals surface area contributed by atoms with Crippen molar-refractivity contribution in [1.29, 1.82) is 0 Å². The Balaban J connectivity index is 2.79. The second-order valence-electron chi connectivity index (χ2n) is 9.29. The van der Waals surface area contributed by atoms with Crippen LogP contribution in [-0.4, -0.2) is 46.8 Å². The van der Waals surface area contributed by atoms with Gasteiger partial charge in [-0.1, -0.05) is 55.4 Å². The molecule has 1 aliphatic heterocycles. The molecule has 0 aromatic rings. The molecular formula is C23H48O4Si2. The van der Waals surface area contributed by atoms with Crippen LogP contribution in [0.2, 0.25) is 36.3 Å². The second kappa shape index (κ2) is 11.6. The fraction of sp³-hybridized carbons (Fsp3) is 0.957. The maximum absolute atomic E-state index is 12.0. The summed E-state index contributed by atoms with van der Waals surface area (Å²) in [7, 11) is -3.48. The zero-order valence-electron chi connectivity index (χ0n) is 20.7. The maximum atomic E-state index is 12.0. The molecule has 1 saturated heterocycles. The summed E-state index contributed by atoms with van der Waals surface area (Å²) in [6, 6.07) is 6.68. The monoisotopic (exact) mass is 444 g/mol. The molecule has 1 fully saturated rings. The van der Waals surface area contributed by atoms with Gasteiger partial charge >= 0.3 is 0 Å². The highest BCUT2D eigenvalue weighted by Crippen LogP contribution is 2.41. The van der Waals surface area contributed by atoms with Gasteiger partial charge in [-0.05, 0) is 49.6 Å². The lowest BCUT2D eigenvalue weighted by atomic mass is 9.92. The van der Waals surface area contributed by atoms with E-state index in [0.717, 1.165) is 30.8 Å². The highest BCUT2D eigenvalue weighted by molar-refractivity contribution is 6.74. The molecule has 172 valence electrons. The Bertz CT molecular complexity index is 477. The van der Waals surface area contributed by atoms with Crippen LogP contribution in [0.5, 0.6) is 0 Å². The molecule has 29 heavy (non-hydrogen) atoms. The highest BCUT2D eigenvalue weighted by atomic mass is 28.4. The minimum Gasteiger partial charge on any atom is -0.414 e. The van der Waals surface area contributed by atoms with Crippen molar-refractivity contribution in [3.8, 4) is 0 Å². The third-order valence-corrected chi connectivity index (χ3v) is 17.1. The molecule has 4 nitrogen and oxygen atoms in total. The average molecular weight is 445 g/mol. The van der Waals surface area contributed by atoms with Crippen molar-refractivity contribution in [2.45, 2.75) is 135 Å². The van der Waals surface area contributed by atoms with Crippen LogP contribution < -0.4 is 0 Å². The van der Waals surface area contributed by atoms with Gasteiger partial charge in [0.25, 0.3) is 0 Å². The summed E-state index contributed by atoms with van der Waals surface area (Å²) in [6.07, 6.45) is 3.24. The van der Waals surface area contributed by atoms with E-state index in [1.165, 1.54) is 18.1 Å². The van der Waals surface area contributed by atoms with E-state index >= 15 is 0 Å². The molecule has 0 radical (unpaired) electrons. The van der Waals surface area contributed by atoms with Crippen LogP contribution >= 0.6 is 0 Å². The van der Waals surface area contributed by atoms with Gasteiger partial charge in [0.1, 0.15) is 11.9 Å². The Kier molecular flexibility index (Phi) is 10.8. The number of carbonyl (C=O) groups is 1. The summed E-state index contributed by atoms with van der Waals surface area (Å²) in [6.45, 7) is 19.9. The Morgan fingerprint density at radius 3 is 1.79 bits per heavy atom. The average Bonchev–Trinajstić information content (AvgIpc) is 3.52. The summed E-state index contributed by atoms with van der Waals surface area (Å²) < 4.78 is 19.5. The smallest absolute Gasteiger partial charge is 0.193 e. The van der Waals surface area contributed by atoms with Crippen LogP contribution in [0.15, 0.2) is 0 Å². The van der Waals surface area contributed by atoms with Crippen LogP contribution in [0, 0.1) is 5.92 Å². The van der Waals surface area contributed by atoms with E-state index in [0.29, 0.717) is 12.3 Å². The van der Waals surface area contributed by atoms with Crippen molar-refractivity contribution in [3.05, 3.63) is 0 Å². The number of hydrogen-bond donors (Lipinski definition) is 0. The zero-order valence-corrected chi connectivity index (χ0v) is 22.7. The second-order valence-corrected chi connectivity index (χ2v) is 18.7. The molecule has 5 atom stereocenters. The first-order valence-corrected chi connectivity index (χ1v) is 17.2. The summed E-state index contributed by atoms with van der Waals surface area (Å²) in [5.74, 6) is 0.350. The first-order valence-electron chi connectivity index (χ1n) is 12.2. The molecule has 6 heteroatoms. The molecular weight excluding hydrogens is 396 g/mol. The fourth-order valence-corrected chi connectivity index (χ4v) is 10.9. The van der Waals surface area contributed by atoms with Crippen molar-refractivity contribution in [2.24, 2.45) is 5.92 Å². The molecule has 0 aromatic carbocycles. The lowest BCUT2D eigenvalue weighted by molar-refractivity contribution is -0.121. The van der Waals surface area contributed by atoms with E-state index < -0.39 is 22.2 Å². The van der Waals surface area contributed by atoms with Crippen LogP contribution in [0.3, 0.4) is 0 Å². The van der Waals surface area contributed by atoms with E-state index in [4.69, 9.17) is 13.6 Å². The molecule has 0 aromatic heterocycles. The van der Waals surface area contributed by atoms with E-state index in [9.17, 15) is 4.79 Å². The summed E-state index contributed by atoms with van der Waals surface area (Å²) >= 11 is 0. The minimum absolute atomic E-state index is 0.107. The van der Waals surface area contributed by atoms with Gasteiger partial charge in [-0.2, -0.15) is 0 Å². The highest BCUT2D eigenvalue weighted by Gasteiger charge is 2.51. The molecule has 1 aliphatic rings. The fourth-order valence-electron chi connectivity index (χ4n) is 4.85. The van der Waals surface area contributed by atoms with Gasteiger partial charge < -0.3 is 18.4 Å². The predicted molar refractivity (Wildman–Crippen MR) is 128 cm³/mol. The van der Waals surface area contributed by atoms with Gasteiger partial charge in [-0.15, -0.1) is 0 Å². The van der Waals surface area contributed by atoms with Crippen LogP contribution in [-0.2, 0) is 18.4 Å². The lowest BCUT2D eigenvalue weighted by Gasteiger charge is -2.37. The molecule has 0 spiro atoms.